The highest BCUT2D eigenvalue weighted by Gasteiger charge is 2.06. The third-order valence-corrected chi connectivity index (χ3v) is 2.63. The quantitative estimate of drug-likeness (QED) is 0.385. The van der Waals surface area contributed by atoms with Crippen molar-refractivity contribution >= 4 is 11.8 Å². The zero-order valence-corrected chi connectivity index (χ0v) is 11.6. The van der Waals surface area contributed by atoms with Crippen LogP contribution in [0.5, 0.6) is 5.75 Å². The van der Waals surface area contributed by atoms with E-state index in [1.807, 2.05) is 19.1 Å². The van der Waals surface area contributed by atoms with Crippen LogP contribution in [0.25, 0.3) is 0 Å². The van der Waals surface area contributed by atoms with Gasteiger partial charge in [-0.3, -0.25) is 0 Å². The number of benzene rings is 1. The number of H-pyrrole nitrogens is 1. The van der Waals surface area contributed by atoms with Crippen LogP contribution in [0.2, 0.25) is 0 Å². The molecule has 0 saturated carbocycles. The second-order valence-electron chi connectivity index (χ2n) is 4.33. The van der Waals surface area contributed by atoms with Gasteiger partial charge in [0, 0.05) is 6.07 Å². The molecule has 0 aliphatic carbocycles. The zero-order valence-electron chi connectivity index (χ0n) is 11.6. The molecule has 6 heteroatoms. The van der Waals surface area contributed by atoms with Gasteiger partial charge in [0.05, 0.1) is 5.56 Å². The van der Waals surface area contributed by atoms with E-state index in [-0.39, 0.29) is 12.4 Å². The van der Waals surface area contributed by atoms with Crippen LogP contribution in [0.4, 0.5) is 0 Å². The second kappa shape index (κ2) is 7.04. The summed E-state index contributed by atoms with van der Waals surface area (Å²) < 4.78 is 5.27. The molecular weight excluding hydrogens is 270 g/mol. The molecule has 0 fully saturated rings. The van der Waals surface area contributed by atoms with Crippen LogP contribution in [-0.4, -0.2) is 18.4 Å². The number of pyridine rings is 1. The molecule has 0 radical (unpaired) electrons. The van der Waals surface area contributed by atoms with E-state index >= 15 is 0 Å². The number of carbonyl (C=O) groups is 1. The SMILES string of the molecule is Cc1ccc(OCC(=O)ON=C(N)c2ccc[nH+]c2)cc1. The topological polar surface area (TPSA) is 88.0 Å². The lowest BCUT2D eigenvalue weighted by Crippen LogP contribution is -2.19. The number of aromatic amines is 1. The van der Waals surface area contributed by atoms with Crippen LogP contribution in [0.1, 0.15) is 11.1 Å². The highest BCUT2D eigenvalue weighted by Crippen LogP contribution is 2.11. The minimum atomic E-state index is -0.626. The van der Waals surface area contributed by atoms with Crippen molar-refractivity contribution in [3.63, 3.8) is 0 Å². The van der Waals surface area contributed by atoms with Crippen molar-refractivity contribution in [2.24, 2.45) is 10.9 Å². The number of nitrogens with one attached hydrogen (secondary N) is 1. The molecule has 21 heavy (non-hydrogen) atoms. The number of carbonyl (C=O) groups excluding carboxylic acids is 1. The van der Waals surface area contributed by atoms with E-state index in [4.69, 9.17) is 10.5 Å². The van der Waals surface area contributed by atoms with Crippen molar-refractivity contribution in [2.45, 2.75) is 6.92 Å². The highest BCUT2D eigenvalue weighted by atomic mass is 16.7. The number of ether oxygens (including phenoxy) is 1. The van der Waals surface area contributed by atoms with E-state index < -0.39 is 5.97 Å². The van der Waals surface area contributed by atoms with Gasteiger partial charge in [-0.05, 0) is 25.1 Å². The van der Waals surface area contributed by atoms with Crippen molar-refractivity contribution in [3.8, 4) is 5.75 Å². The second-order valence-corrected chi connectivity index (χ2v) is 4.33. The summed E-state index contributed by atoms with van der Waals surface area (Å²) in [5, 5.41) is 3.57. The first-order valence-corrected chi connectivity index (χ1v) is 6.34. The monoisotopic (exact) mass is 286 g/mol. The molecule has 1 aromatic heterocycles. The molecule has 0 aliphatic heterocycles. The average Bonchev–Trinajstić information content (AvgIpc) is 2.53. The fourth-order valence-electron chi connectivity index (χ4n) is 1.51. The number of hydrogen-bond donors (Lipinski definition) is 1. The molecule has 2 aromatic rings. The van der Waals surface area contributed by atoms with Gasteiger partial charge in [0.2, 0.25) is 0 Å². The number of aryl methyl sites for hydroxylation is 1. The first kappa shape index (κ1) is 14.5. The summed E-state index contributed by atoms with van der Waals surface area (Å²) in [5.74, 6) is 0.0705. The summed E-state index contributed by atoms with van der Waals surface area (Å²) in [4.78, 5) is 19.0. The fourth-order valence-corrected chi connectivity index (χ4v) is 1.51. The van der Waals surface area contributed by atoms with Crippen molar-refractivity contribution in [2.75, 3.05) is 6.61 Å². The normalized spacial score (nSPS) is 11.0. The maximum absolute atomic E-state index is 11.5. The van der Waals surface area contributed by atoms with Crippen LogP contribution in [-0.2, 0) is 9.63 Å². The molecule has 0 atom stereocenters. The van der Waals surface area contributed by atoms with Crippen molar-refractivity contribution < 1.29 is 19.4 Å². The van der Waals surface area contributed by atoms with Gasteiger partial charge in [0.15, 0.2) is 24.8 Å². The molecule has 0 bridgehead atoms. The van der Waals surface area contributed by atoms with Crippen molar-refractivity contribution in [1.82, 2.24) is 0 Å². The summed E-state index contributed by atoms with van der Waals surface area (Å²) in [6.45, 7) is 1.73. The molecule has 0 unspecified atom stereocenters. The lowest BCUT2D eigenvalue weighted by atomic mass is 10.2. The predicted molar refractivity (Wildman–Crippen MR) is 76.5 cm³/mol. The summed E-state index contributed by atoms with van der Waals surface area (Å²) in [5.41, 5.74) is 7.42. The van der Waals surface area contributed by atoms with E-state index in [2.05, 4.69) is 15.0 Å². The Morgan fingerprint density at radius 3 is 2.71 bits per heavy atom. The van der Waals surface area contributed by atoms with Gasteiger partial charge in [-0.1, -0.05) is 22.9 Å². The van der Waals surface area contributed by atoms with Gasteiger partial charge in [-0.2, -0.15) is 0 Å². The molecule has 0 spiro atoms. The molecular formula is C15H16N3O3+. The summed E-state index contributed by atoms with van der Waals surface area (Å²) in [7, 11) is 0. The number of hydrogen-bond acceptors (Lipinski definition) is 4. The number of rotatable bonds is 5. The van der Waals surface area contributed by atoms with E-state index in [0.29, 0.717) is 11.3 Å². The minimum Gasteiger partial charge on any atom is -0.482 e. The maximum Gasteiger partial charge on any atom is 0.372 e. The Hall–Kier alpha value is -2.89. The third kappa shape index (κ3) is 4.61. The lowest BCUT2D eigenvalue weighted by Gasteiger charge is -2.04. The molecule has 108 valence electrons. The number of amidine groups is 1. The maximum atomic E-state index is 11.5. The van der Waals surface area contributed by atoms with Crippen molar-refractivity contribution in [1.29, 1.82) is 0 Å². The molecule has 6 nitrogen and oxygen atoms in total. The summed E-state index contributed by atoms with van der Waals surface area (Å²) in [6, 6.07) is 10.8. The summed E-state index contributed by atoms with van der Waals surface area (Å²) in [6.07, 6.45) is 3.38. The first-order valence-electron chi connectivity index (χ1n) is 6.34. The van der Waals surface area contributed by atoms with E-state index in [1.165, 1.54) is 0 Å². The zero-order chi connectivity index (χ0) is 15.1. The Morgan fingerprint density at radius 1 is 1.29 bits per heavy atom. The molecule has 3 N–H and O–H groups in total. The van der Waals surface area contributed by atoms with Crippen LogP contribution in [0.15, 0.2) is 53.9 Å². The number of nitrogens with zero attached hydrogens (tertiary/aromatic N) is 1. The molecule has 1 aromatic carbocycles. The van der Waals surface area contributed by atoms with Crippen LogP contribution < -0.4 is 15.5 Å². The minimum absolute atomic E-state index is 0.107. The van der Waals surface area contributed by atoms with Crippen molar-refractivity contribution in [3.05, 3.63) is 59.9 Å². The average molecular weight is 286 g/mol. The number of nitrogens with two attached hydrogens (primary N) is 1. The summed E-state index contributed by atoms with van der Waals surface area (Å²) >= 11 is 0. The number of aromatic nitrogens is 1. The van der Waals surface area contributed by atoms with Crippen LogP contribution >= 0.6 is 0 Å². The Balaban J connectivity index is 1.83. The third-order valence-electron chi connectivity index (χ3n) is 2.63. The van der Waals surface area contributed by atoms with E-state index in [9.17, 15) is 4.79 Å². The Bertz CT molecular complexity index is 624. The lowest BCUT2D eigenvalue weighted by molar-refractivity contribution is -0.378. The predicted octanol–water partition coefficient (Wildman–Crippen LogP) is 1.05. The first-order chi connectivity index (χ1) is 10.1. The Morgan fingerprint density at radius 2 is 2.05 bits per heavy atom. The Kier molecular flexibility index (Phi) is 4.87. The van der Waals surface area contributed by atoms with Gasteiger partial charge in [-0.25, -0.2) is 9.78 Å². The van der Waals surface area contributed by atoms with Gasteiger partial charge < -0.3 is 15.3 Å². The standard InChI is InChI=1S/C15H15N3O3/c1-11-4-6-13(7-5-11)20-10-14(19)21-18-15(16)12-3-2-8-17-9-12/h2-9H,10H2,1H3,(H2,16,18)/p+1. The largest absolute Gasteiger partial charge is 0.482 e. The van der Waals surface area contributed by atoms with Gasteiger partial charge in [-0.15, -0.1) is 0 Å². The molecule has 2 rings (SSSR count). The van der Waals surface area contributed by atoms with Gasteiger partial charge >= 0.3 is 5.97 Å². The van der Waals surface area contributed by atoms with Crippen LogP contribution in [0, 0.1) is 6.92 Å². The fraction of sp³-hybridized carbons (Fsp3) is 0.133. The van der Waals surface area contributed by atoms with Gasteiger partial charge in [0.25, 0.3) is 0 Å². The van der Waals surface area contributed by atoms with E-state index in [1.54, 1.807) is 36.7 Å². The number of oxime groups is 1. The highest BCUT2D eigenvalue weighted by molar-refractivity contribution is 5.96. The molecule has 0 amide bonds. The smallest absolute Gasteiger partial charge is 0.372 e. The van der Waals surface area contributed by atoms with E-state index in [0.717, 1.165) is 5.56 Å². The molecule has 0 saturated heterocycles. The Labute approximate surface area is 122 Å². The van der Waals surface area contributed by atoms with Gasteiger partial charge in [0.1, 0.15) is 5.75 Å². The molecule has 1 heterocycles. The van der Waals surface area contributed by atoms with Crippen LogP contribution in [0.3, 0.4) is 0 Å². The molecule has 0 aliphatic rings.